The summed E-state index contributed by atoms with van der Waals surface area (Å²) < 4.78 is 0. The van der Waals surface area contributed by atoms with Crippen LogP contribution >= 0.6 is 11.6 Å². The summed E-state index contributed by atoms with van der Waals surface area (Å²) in [5, 5.41) is 0.530. The van der Waals surface area contributed by atoms with Gasteiger partial charge in [-0.2, -0.15) is 0 Å². The Morgan fingerprint density at radius 2 is 2.12 bits per heavy atom. The number of rotatable bonds is 2. The van der Waals surface area contributed by atoms with E-state index in [1.807, 2.05) is 0 Å². The lowest BCUT2D eigenvalue weighted by Crippen LogP contribution is -2.34. The molecular formula is C12H17ClN2O. The second-order valence-corrected chi connectivity index (χ2v) is 5.52. The standard InChI is InChI=1S/C12H17ClN2O/c1-12(2,3)8-15(4)11(16)10-7-9(13)5-6-14-10/h5-7H,8H2,1-4H3. The molecule has 0 aliphatic carbocycles. The molecule has 0 aliphatic heterocycles. The zero-order valence-electron chi connectivity index (χ0n) is 10.1. The van der Waals surface area contributed by atoms with Crippen molar-refractivity contribution in [3.05, 3.63) is 29.0 Å². The normalized spacial score (nSPS) is 11.3. The Kier molecular flexibility index (Phi) is 3.92. The molecule has 0 fully saturated rings. The van der Waals surface area contributed by atoms with Crippen LogP contribution in [0.25, 0.3) is 0 Å². The largest absolute Gasteiger partial charge is 0.340 e. The SMILES string of the molecule is CN(CC(C)(C)C)C(=O)c1cc(Cl)ccn1. The van der Waals surface area contributed by atoms with Crippen molar-refractivity contribution >= 4 is 17.5 Å². The van der Waals surface area contributed by atoms with Crippen LogP contribution in [-0.2, 0) is 0 Å². The molecule has 0 saturated carbocycles. The van der Waals surface area contributed by atoms with Crippen LogP contribution in [0, 0.1) is 5.41 Å². The van der Waals surface area contributed by atoms with Gasteiger partial charge in [-0.05, 0) is 17.5 Å². The lowest BCUT2D eigenvalue weighted by atomic mass is 9.96. The van der Waals surface area contributed by atoms with Crippen molar-refractivity contribution in [2.24, 2.45) is 5.41 Å². The van der Waals surface area contributed by atoms with Gasteiger partial charge in [0.25, 0.3) is 5.91 Å². The van der Waals surface area contributed by atoms with E-state index in [2.05, 4.69) is 25.8 Å². The highest BCUT2D eigenvalue weighted by atomic mass is 35.5. The lowest BCUT2D eigenvalue weighted by molar-refractivity contribution is 0.0740. The predicted octanol–water partition coefficient (Wildman–Crippen LogP) is 2.85. The molecule has 88 valence electrons. The van der Waals surface area contributed by atoms with E-state index >= 15 is 0 Å². The van der Waals surface area contributed by atoms with E-state index < -0.39 is 0 Å². The van der Waals surface area contributed by atoms with Gasteiger partial charge in [-0.15, -0.1) is 0 Å². The van der Waals surface area contributed by atoms with Crippen LogP contribution in [0.5, 0.6) is 0 Å². The Morgan fingerprint density at radius 3 is 2.62 bits per heavy atom. The van der Waals surface area contributed by atoms with E-state index in [0.29, 0.717) is 17.3 Å². The topological polar surface area (TPSA) is 33.2 Å². The first-order chi connectivity index (χ1) is 7.29. The monoisotopic (exact) mass is 240 g/mol. The summed E-state index contributed by atoms with van der Waals surface area (Å²) in [7, 11) is 1.77. The Morgan fingerprint density at radius 1 is 1.50 bits per heavy atom. The van der Waals surface area contributed by atoms with Gasteiger partial charge in [-0.25, -0.2) is 0 Å². The molecule has 1 heterocycles. The first kappa shape index (κ1) is 13.0. The predicted molar refractivity (Wildman–Crippen MR) is 65.7 cm³/mol. The minimum atomic E-state index is -0.0996. The maximum absolute atomic E-state index is 12.0. The molecule has 1 amide bonds. The summed E-state index contributed by atoms with van der Waals surface area (Å²) >= 11 is 5.82. The van der Waals surface area contributed by atoms with Crippen LogP contribution in [0.15, 0.2) is 18.3 Å². The first-order valence-corrected chi connectivity index (χ1v) is 5.54. The molecule has 3 nitrogen and oxygen atoms in total. The molecule has 0 bridgehead atoms. The van der Waals surface area contributed by atoms with Crippen LogP contribution in [0.3, 0.4) is 0 Å². The second-order valence-electron chi connectivity index (χ2n) is 5.08. The van der Waals surface area contributed by atoms with Gasteiger partial charge < -0.3 is 4.90 Å². The average Bonchev–Trinajstić information content (AvgIpc) is 2.14. The number of nitrogens with zero attached hydrogens (tertiary/aromatic N) is 2. The maximum Gasteiger partial charge on any atom is 0.272 e. The van der Waals surface area contributed by atoms with Crippen LogP contribution in [0.4, 0.5) is 0 Å². The average molecular weight is 241 g/mol. The molecule has 1 aromatic heterocycles. The van der Waals surface area contributed by atoms with Crippen molar-refractivity contribution in [1.82, 2.24) is 9.88 Å². The third-order valence-electron chi connectivity index (χ3n) is 2.00. The van der Waals surface area contributed by atoms with Crippen molar-refractivity contribution < 1.29 is 4.79 Å². The fourth-order valence-corrected chi connectivity index (χ4v) is 1.66. The molecule has 1 rings (SSSR count). The molecule has 1 aromatic rings. The number of pyridine rings is 1. The third-order valence-corrected chi connectivity index (χ3v) is 2.23. The van der Waals surface area contributed by atoms with Gasteiger partial charge in [-0.3, -0.25) is 9.78 Å². The molecule has 16 heavy (non-hydrogen) atoms. The van der Waals surface area contributed by atoms with Gasteiger partial charge >= 0.3 is 0 Å². The quantitative estimate of drug-likeness (QED) is 0.797. The number of carbonyl (C=O) groups excluding carboxylic acids is 1. The number of halogens is 1. The van der Waals surface area contributed by atoms with E-state index in [1.54, 1.807) is 30.3 Å². The highest BCUT2D eigenvalue weighted by molar-refractivity contribution is 6.30. The fraction of sp³-hybridized carbons (Fsp3) is 0.500. The minimum absolute atomic E-state index is 0.0724. The second kappa shape index (κ2) is 4.83. The highest BCUT2D eigenvalue weighted by Gasteiger charge is 2.19. The molecule has 0 saturated heterocycles. The third kappa shape index (κ3) is 3.81. The first-order valence-electron chi connectivity index (χ1n) is 5.16. The zero-order chi connectivity index (χ0) is 12.3. The van der Waals surface area contributed by atoms with Crippen molar-refractivity contribution in [3.8, 4) is 0 Å². The van der Waals surface area contributed by atoms with Crippen LogP contribution in [0.2, 0.25) is 5.02 Å². The van der Waals surface area contributed by atoms with E-state index in [1.165, 1.54) is 0 Å². The molecule has 0 spiro atoms. The van der Waals surface area contributed by atoms with Gasteiger partial charge in [0.05, 0.1) is 0 Å². The van der Waals surface area contributed by atoms with Crippen molar-refractivity contribution in [2.45, 2.75) is 20.8 Å². The summed E-state index contributed by atoms with van der Waals surface area (Å²) in [6.45, 7) is 6.94. The minimum Gasteiger partial charge on any atom is -0.340 e. The molecule has 0 aliphatic rings. The lowest BCUT2D eigenvalue weighted by Gasteiger charge is -2.26. The van der Waals surface area contributed by atoms with E-state index in [-0.39, 0.29) is 11.3 Å². The summed E-state index contributed by atoms with van der Waals surface area (Å²) in [6, 6.07) is 3.24. The Balaban J connectivity index is 2.78. The highest BCUT2D eigenvalue weighted by Crippen LogP contribution is 2.16. The van der Waals surface area contributed by atoms with Gasteiger partial charge in [0.1, 0.15) is 5.69 Å². The maximum atomic E-state index is 12.0. The summed E-state index contributed by atoms with van der Waals surface area (Å²) in [5.74, 6) is -0.0996. The Bertz CT molecular complexity index is 385. The Labute approximate surface area is 101 Å². The van der Waals surface area contributed by atoms with Crippen molar-refractivity contribution in [1.29, 1.82) is 0 Å². The van der Waals surface area contributed by atoms with Crippen LogP contribution in [0.1, 0.15) is 31.3 Å². The Hall–Kier alpha value is -1.09. The molecule has 4 heteroatoms. The van der Waals surface area contributed by atoms with E-state index in [9.17, 15) is 4.79 Å². The van der Waals surface area contributed by atoms with Gasteiger partial charge in [0.15, 0.2) is 0 Å². The molecule has 0 aromatic carbocycles. The zero-order valence-corrected chi connectivity index (χ0v) is 10.9. The fourth-order valence-electron chi connectivity index (χ4n) is 1.50. The van der Waals surface area contributed by atoms with Crippen LogP contribution < -0.4 is 0 Å². The molecule has 0 N–H and O–H groups in total. The number of carbonyl (C=O) groups is 1. The van der Waals surface area contributed by atoms with Crippen molar-refractivity contribution in [3.63, 3.8) is 0 Å². The molecule has 0 radical (unpaired) electrons. The molecular weight excluding hydrogens is 224 g/mol. The van der Waals surface area contributed by atoms with Crippen molar-refractivity contribution in [2.75, 3.05) is 13.6 Å². The van der Waals surface area contributed by atoms with E-state index in [4.69, 9.17) is 11.6 Å². The molecule has 0 atom stereocenters. The number of hydrogen-bond acceptors (Lipinski definition) is 2. The smallest absolute Gasteiger partial charge is 0.272 e. The van der Waals surface area contributed by atoms with Gasteiger partial charge in [-0.1, -0.05) is 32.4 Å². The number of aromatic nitrogens is 1. The van der Waals surface area contributed by atoms with Gasteiger partial charge in [0.2, 0.25) is 0 Å². The molecule has 0 unspecified atom stereocenters. The number of amides is 1. The number of hydrogen-bond donors (Lipinski definition) is 0. The summed E-state index contributed by atoms with van der Waals surface area (Å²) in [5.41, 5.74) is 0.461. The summed E-state index contributed by atoms with van der Waals surface area (Å²) in [6.07, 6.45) is 1.54. The van der Waals surface area contributed by atoms with Gasteiger partial charge in [0, 0.05) is 24.8 Å². The summed E-state index contributed by atoms with van der Waals surface area (Å²) in [4.78, 5) is 17.7. The van der Waals surface area contributed by atoms with Crippen LogP contribution in [-0.4, -0.2) is 29.4 Å². The van der Waals surface area contributed by atoms with E-state index in [0.717, 1.165) is 0 Å².